The van der Waals surface area contributed by atoms with Gasteiger partial charge in [0.05, 0.1) is 0 Å². The molecule has 0 amide bonds. The first-order chi connectivity index (χ1) is 14.4. The first-order valence-corrected chi connectivity index (χ1v) is 18.4. The molecule has 1 nitrogen and oxygen atoms in total. The Kier molecular flexibility index (Phi) is 11.3. The van der Waals surface area contributed by atoms with Crippen LogP contribution in [-0.2, 0) is 3.07 Å². The van der Waals surface area contributed by atoms with Crippen LogP contribution < -0.4 is 0 Å². The average molecular weight is 647 g/mol. The van der Waals surface area contributed by atoms with Crippen molar-refractivity contribution in [1.29, 1.82) is 0 Å². The van der Waals surface area contributed by atoms with Crippen LogP contribution in [-0.4, -0.2) is 19.4 Å². The van der Waals surface area contributed by atoms with E-state index in [1.54, 1.807) is 28.1 Å². The third-order valence-corrected chi connectivity index (χ3v) is 17.7. The molecule has 0 aromatic carbocycles. The first-order valence-electron chi connectivity index (χ1n) is 13.2. The maximum atomic E-state index is 5.62. The summed E-state index contributed by atoms with van der Waals surface area (Å²) in [4.78, 5) is 0. The van der Waals surface area contributed by atoms with E-state index in [0.29, 0.717) is 10.8 Å². The van der Waals surface area contributed by atoms with Crippen LogP contribution in [0.3, 0.4) is 0 Å². The molecule has 2 heterocycles. The van der Waals surface area contributed by atoms with Crippen molar-refractivity contribution in [2.75, 3.05) is 15.5 Å². The Morgan fingerprint density at radius 2 is 1.67 bits per heavy atom. The number of hydrogen-bond donors (Lipinski definition) is 0. The second kappa shape index (κ2) is 12.2. The molecule has 180 valence electrons. The van der Waals surface area contributed by atoms with Crippen LogP contribution in [0, 0.1) is 40.4 Å². The van der Waals surface area contributed by atoms with Gasteiger partial charge in [-0.05, 0) is 0 Å². The van der Waals surface area contributed by atoms with Gasteiger partial charge in [-0.25, -0.2) is 0 Å². The Balaban J connectivity index is 0.000000757. The quantitative estimate of drug-likeness (QED) is 0.214. The SMILES string of the molecule is CC.CC.CCCC1CCC2C3CCC4(C)C(CCC4C(C)(C)COI)C3CI2C1. The summed E-state index contributed by atoms with van der Waals surface area (Å²) in [5, 5.41) is 0. The summed E-state index contributed by atoms with van der Waals surface area (Å²) in [5.74, 6) is 5.33. The van der Waals surface area contributed by atoms with Crippen LogP contribution in [0.2, 0.25) is 0 Å². The van der Waals surface area contributed by atoms with E-state index in [-0.39, 0.29) is 0 Å². The van der Waals surface area contributed by atoms with Gasteiger partial charge < -0.3 is 0 Å². The Hall–Kier alpha value is 1.42. The van der Waals surface area contributed by atoms with E-state index in [1.165, 1.54) is 36.0 Å². The number of halogens is 2. The van der Waals surface area contributed by atoms with Crippen molar-refractivity contribution in [2.24, 2.45) is 40.4 Å². The zero-order valence-corrected chi connectivity index (χ0v) is 25.7. The predicted molar refractivity (Wildman–Crippen MR) is 152 cm³/mol. The zero-order valence-electron chi connectivity index (χ0n) is 21.4. The van der Waals surface area contributed by atoms with Gasteiger partial charge in [0.15, 0.2) is 0 Å². The minimum absolute atomic E-state index is 0.341. The molecule has 0 aromatic rings. The molecular weight excluding hydrogens is 594 g/mol. The normalized spacial score (nSPS) is 40.9. The van der Waals surface area contributed by atoms with Crippen molar-refractivity contribution in [3.8, 4) is 0 Å². The van der Waals surface area contributed by atoms with Gasteiger partial charge in [0.2, 0.25) is 0 Å². The van der Waals surface area contributed by atoms with Crippen LogP contribution in [0.25, 0.3) is 0 Å². The predicted octanol–water partition coefficient (Wildman–Crippen LogP) is 9.59. The van der Waals surface area contributed by atoms with E-state index >= 15 is 0 Å². The monoisotopic (exact) mass is 646 g/mol. The summed E-state index contributed by atoms with van der Waals surface area (Å²) < 4.78 is 10.4. The van der Waals surface area contributed by atoms with Crippen molar-refractivity contribution in [1.82, 2.24) is 0 Å². The third-order valence-electron chi connectivity index (χ3n) is 9.06. The Labute approximate surface area is 211 Å². The zero-order chi connectivity index (χ0) is 22.5. The molecule has 2 saturated carbocycles. The fourth-order valence-corrected chi connectivity index (χ4v) is 19.0. The number of hydrogen-bond acceptors (Lipinski definition) is 1. The Morgan fingerprint density at radius 3 is 2.30 bits per heavy atom. The van der Waals surface area contributed by atoms with Crippen LogP contribution in [0.15, 0.2) is 0 Å². The molecule has 4 fully saturated rings. The summed E-state index contributed by atoms with van der Waals surface area (Å²) in [6.45, 7) is 19.0. The minimum atomic E-state index is -0.672. The molecular formula is C27H52I2O. The molecule has 30 heavy (non-hydrogen) atoms. The fraction of sp³-hybridized carbons (Fsp3) is 1.00. The van der Waals surface area contributed by atoms with Crippen molar-refractivity contribution in [2.45, 2.75) is 111 Å². The summed E-state index contributed by atoms with van der Waals surface area (Å²) >= 11 is 1.44. The maximum absolute atomic E-state index is 5.62. The number of rotatable bonds is 5. The Bertz CT molecular complexity index is 507. The Morgan fingerprint density at radius 1 is 0.967 bits per heavy atom. The molecule has 7 unspecified atom stereocenters. The summed E-state index contributed by atoms with van der Waals surface area (Å²) in [5.41, 5.74) is 0.946. The van der Waals surface area contributed by atoms with Crippen molar-refractivity contribution in [3.05, 3.63) is 0 Å². The molecule has 2 aliphatic heterocycles. The number of fused-ring (bicyclic) bond motifs is 5. The standard InChI is InChI=1S/C23H40I2O.2C2H6/c1-5-6-16-7-9-20-17-11-12-23(4)19(18(17)14-25(20)13-16)8-10-21(23)22(2,3)15-26-24;2*1-2/h16-21H,5-15H2,1-4H3;2*1-2H3. The molecule has 2 saturated heterocycles. The van der Waals surface area contributed by atoms with Gasteiger partial charge >= 0.3 is 185 Å². The van der Waals surface area contributed by atoms with E-state index < -0.39 is 19.8 Å². The summed E-state index contributed by atoms with van der Waals surface area (Å²) in [6, 6.07) is 0. The van der Waals surface area contributed by atoms with Crippen LogP contribution >= 0.6 is 42.8 Å². The third kappa shape index (κ3) is 5.39. The van der Waals surface area contributed by atoms with Gasteiger partial charge in [-0.2, -0.15) is 0 Å². The molecule has 2 aliphatic carbocycles. The van der Waals surface area contributed by atoms with E-state index in [1.807, 2.05) is 27.7 Å². The number of alkyl halides is 3. The van der Waals surface area contributed by atoms with Gasteiger partial charge in [-0.3, -0.25) is 0 Å². The second-order valence-electron chi connectivity index (χ2n) is 10.9. The first kappa shape index (κ1) is 27.7. The topological polar surface area (TPSA) is 9.23 Å². The molecule has 0 N–H and O–H groups in total. The molecule has 4 rings (SSSR count). The van der Waals surface area contributed by atoms with Crippen molar-refractivity contribution >= 4 is 42.8 Å². The molecule has 7 atom stereocenters. The van der Waals surface area contributed by atoms with E-state index in [4.69, 9.17) is 3.07 Å². The molecule has 4 aliphatic rings. The van der Waals surface area contributed by atoms with Gasteiger partial charge in [-0.15, -0.1) is 0 Å². The molecule has 0 spiro atoms. The molecule has 0 aromatic heterocycles. The van der Waals surface area contributed by atoms with E-state index in [9.17, 15) is 0 Å². The van der Waals surface area contributed by atoms with E-state index in [2.05, 4.69) is 50.7 Å². The van der Waals surface area contributed by atoms with Gasteiger partial charge in [0, 0.05) is 0 Å². The van der Waals surface area contributed by atoms with Gasteiger partial charge in [-0.1, -0.05) is 27.7 Å². The molecule has 0 bridgehead atoms. The van der Waals surface area contributed by atoms with Crippen molar-refractivity contribution in [3.63, 3.8) is 0 Å². The average Bonchev–Trinajstić information content (AvgIpc) is 3.28. The van der Waals surface area contributed by atoms with Gasteiger partial charge in [0.25, 0.3) is 0 Å². The fourth-order valence-electron chi connectivity index (χ4n) is 8.01. The van der Waals surface area contributed by atoms with Crippen LogP contribution in [0.5, 0.6) is 0 Å². The van der Waals surface area contributed by atoms with Crippen LogP contribution in [0.4, 0.5) is 0 Å². The summed E-state index contributed by atoms with van der Waals surface area (Å²) in [7, 11) is 0. The van der Waals surface area contributed by atoms with E-state index in [0.717, 1.165) is 36.2 Å². The second-order valence-corrected chi connectivity index (χ2v) is 17.7. The van der Waals surface area contributed by atoms with Crippen LogP contribution in [0.1, 0.15) is 107 Å². The molecule has 0 radical (unpaired) electrons. The van der Waals surface area contributed by atoms with Gasteiger partial charge in [0.1, 0.15) is 0 Å². The summed E-state index contributed by atoms with van der Waals surface area (Å²) in [6.07, 6.45) is 12.3. The van der Waals surface area contributed by atoms with Crippen molar-refractivity contribution < 1.29 is 3.07 Å². The molecule has 3 heteroatoms.